The summed E-state index contributed by atoms with van der Waals surface area (Å²) in [5.41, 5.74) is 5.04. The van der Waals surface area contributed by atoms with Gasteiger partial charge in [0.25, 0.3) is 0 Å². The molecule has 144 valence electrons. The van der Waals surface area contributed by atoms with Crippen molar-refractivity contribution in [2.24, 2.45) is 0 Å². The van der Waals surface area contributed by atoms with E-state index in [4.69, 9.17) is 4.74 Å². The first kappa shape index (κ1) is 18.9. The predicted octanol–water partition coefficient (Wildman–Crippen LogP) is 3.40. The molecule has 0 radical (unpaired) electrons. The highest BCUT2D eigenvalue weighted by Crippen LogP contribution is 2.39. The summed E-state index contributed by atoms with van der Waals surface area (Å²) < 4.78 is 5.21. The molecule has 1 saturated heterocycles. The van der Waals surface area contributed by atoms with Gasteiger partial charge in [-0.15, -0.1) is 11.8 Å². The number of nitrogens with one attached hydrogen (secondary N) is 2. The molecule has 2 heterocycles. The molecule has 6 nitrogen and oxygen atoms in total. The lowest BCUT2D eigenvalue weighted by Gasteiger charge is -2.25. The lowest BCUT2D eigenvalue weighted by atomic mass is 10.2. The van der Waals surface area contributed by atoms with Gasteiger partial charge in [-0.2, -0.15) is 0 Å². The molecule has 1 fully saturated rings. The van der Waals surface area contributed by atoms with E-state index in [0.717, 1.165) is 26.8 Å². The van der Waals surface area contributed by atoms with Crippen LogP contribution in [0.4, 0.5) is 5.69 Å². The molecule has 0 spiro atoms. The summed E-state index contributed by atoms with van der Waals surface area (Å²) in [5, 5.41) is 4.41. The molecule has 8 heteroatoms. The fourth-order valence-corrected chi connectivity index (χ4v) is 5.10. The van der Waals surface area contributed by atoms with Crippen molar-refractivity contribution < 1.29 is 14.3 Å². The molecule has 1 atom stereocenters. The van der Waals surface area contributed by atoms with Crippen LogP contribution in [-0.4, -0.2) is 36.2 Å². The molecule has 0 aromatic heterocycles. The van der Waals surface area contributed by atoms with Crippen molar-refractivity contribution >= 4 is 41.0 Å². The maximum absolute atomic E-state index is 12.4. The fraction of sp³-hybridized carbons (Fsp3) is 0.200. The van der Waals surface area contributed by atoms with Gasteiger partial charge in [-0.1, -0.05) is 36.0 Å². The number of fused-ring (bicyclic) bond motifs is 1. The van der Waals surface area contributed by atoms with E-state index in [0.29, 0.717) is 12.3 Å². The number of methoxy groups -OCH3 is 1. The average Bonchev–Trinajstić information content (AvgIpc) is 2.98. The summed E-state index contributed by atoms with van der Waals surface area (Å²) in [5.74, 6) is 1.05. The molecule has 2 amide bonds. The molecule has 1 unspecified atom stereocenters. The highest BCUT2D eigenvalue weighted by Gasteiger charge is 2.33. The van der Waals surface area contributed by atoms with Crippen LogP contribution < -0.4 is 15.5 Å². The first-order chi connectivity index (χ1) is 13.6. The Labute approximate surface area is 171 Å². The molecule has 4 rings (SSSR count). The lowest BCUT2D eigenvalue weighted by molar-refractivity contribution is -0.131. The Bertz CT molecular complexity index is 931. The van der Waals surface area contributed by atoms with Crippen LogP contribution in [0.1, 0.15) is 10.9 Å². The molecule has 2 aliphatic heterocycles. The smallest absolute Gasteiger partial charge is 0.249 e. The second-order valence-electron chi connectivity index (χ2n) is 6.23. The Morgan fingerprint density at radius 2 is 1.96 bits per heavy atom. The standard InChI is InChI=1S/C20H19N3O3S2/c1-26-14-8-6-13(7-9-14)20-23(19(25)12-27-20)21-11-15-10-18(24)22-16-4-2-3-5-17(16)28-15/h2-10,20-21H,11-12H2,1H3,(H,22,24). The number of amides is 2. The van der Waals surface area contributed by atoms with Crippen molar-refractivity contribution in [3.63, 3.8) is 0 Å². The van der Waals surface area contributed by atoms with Gasteiger partial charge >= 0.3 is 0 Å². The SMILES string of the molecule is COc1ccc(C2SCC(=O)N2NCC2=CC(=O)Nc3ccccc3S2)cc1. The molecule has 2 aromatic rings. The Balaban J connectivity index is 1.48. The number of hydrogen-bond donors (Lipinski definition) is 2. The fourth-order valence-electron chi connectivity index (χ4n) is 3.00. The average molecular weight is 414 g/mol. The highest BCUT2D eigenvalue weighted by atomic mass is 32.2. The zero-order chi connectivity index (χ0) is 19.5. The van der Waals surface area contributed by atoms with Crippen molar-refractivity contribution in [3.05, 3.63) is 65.1 Å². The second-order valence-corrected chi connectivity index (χ2v) is 8.47. The van der Waals surface area contributed by atoms with Gasteiger partial charge in [0.05, 0.1) is 18.6 Å². The summed E-state index contributed by atoms with van der Waals surface area (Å²) in [6.45, 7) is 0.394. The van der Waals surface area contributed by atoms with E-state index >= 15 is 0 Å². The van der Waals surface area contributed by atoms with Gasteiger partial charge in [0.1, 0.15) is 11.1 Å². The van der Waals surface area contributed by atoms with Crippen LogP contribution in [0.2, 0.25) is 0 Å². The minimum Gasteiger partial charge on any atom is -0.497 e. The minimum absolute atomic E-state index is 0.0230. The Morgan fingerprint density at radius 1 is 1.18 bits per heavy atom. The molecule has 0 aliphatic carbocycles. The molecule has 0 saturated carbocycles. The van der Waals surface area contributed by atoms with Crippen molar-refractivity contribution in [2.45, 2.75) is 10.3 Å². The van der Waals surface area contributed by atoms with Crippen LogP contribution in [0.15, 0.2) is 64.4 Å². The number of ether oxygens (including phenoxy) is 1. The number of thioether (sulfide) groups is 2. The van der Waals surface area contributed by atoms with Gasteiger partial charge in [-0.25, -0.2) is 5.43 Å². The van der Waals surface area contributed by atoms with E-state index in [2.05, 4.69) is 10.7 Å². The van der Waals surface area contributed by atoms with Crippen LogP contribution in [0.25, 0.3) is 0 Å². The topological polar surface area (TPSA) is 70.7 Å². The normalized spacial score (nSPS) is 19.0. The lowest BCUT2D eigenvalue weighted by Crippen LogP contribution is -2.41. The minimum atomic E-state index is -0.164. The van der Waals surface area contributed by atoms with E-state index in [1.54, 1.807) is 30.0 Å². The Hall–Kier alpha value is -2.42. The molecular formula is C20H19N3O3S2. The largest absolute Gasteiger partial charge is 0.497 e. The number of para-hydroxylation sites is 1. The third-order valence-electron chi connectivity index (χ3n) is 4.37. The first-order valence-corrected chi connectivity index (χ1v) is 10.6. The predicted molar refractivity (Wildman–Crippen MR) is 112 cm³/mol. The molecule has 0 bridgehead atoms. The number of hydrogen-bond acceptors (Lipinski definition) is 6. The van der Waals surface area contributed by atoms with Gasteiger partial charge in [-0.3, -0.25) is 14.6 Å². The number of hydrazine groups is 1. The molecule has 28 heavy (non-hydrogen) atoms. The van der Waals surface area contributed by atoms with E-state index < -0.39 is 0 Å². The van der Waals surface area contributed by atoms with Crippen molar-refractivity contribution in [3.8, 4) is 5.75 Å². The molecule has 2 aliphatic rings. The number of anilines is 1. The summed E-state index contributed by atoms with van der Waals surface area (Å²) in [6.07, 6.45) is 1.58. The van der Waals surface area contributed by atoms with Gasteiger partial charge in [-0.05, 0) is 29.8 Å². The maximum Gasteiger partial charge on any atom is 0.249 e. The second kappa shape index (κ2) is 8.30. The summed E-state index contributed by atoms with van der Waals surface area (Å²) in [4.78, 5) is 26.4. The van der Waals surface area contributed by atoms with Crippen LogP contribution in [0, 0.1) is 0 Å². The van der Waals surface area contributed by atoms with Crippen molar-refractivity contribution in [2.75, 3.05) is 24.7 Å². The van der Waals surface area contributed by atoms with Gasteiger partial charge < -0.3 is 10.1 Å². The van der Waals surface area contributed by atoms with Crippen LogP contribution in [0.3, 0.4) is 0 Å². The highest BCUT2D eigenvalue weighted by molar-refractivity contribution is 8.03. The number of benzene rings is 2. The maximum atomic E-state index is 12.4. The van der Waals surface area contributed by atoms with Crippen LogP contribution in [0.5, 0.6) is 5.75 Å². The van der Waals surface area contributed by atoms with E-state index in [1.807, 2.05) is 48.5 Å². The Kier molecular flexibility index (Phi) is 5.61. The molecule has 2 N–H and O–H groups in total. The third-order valence-corrected chi connectivity index (χ3v) is 6.68. The van der Waals surface area contributed by atoms with Crippen LogP contribution in [-0.2, 0) is 9.59 Å². The number of carbonyl (C=O) groups is 2. The zero-order valence-corrected chi connectivity index (χ0v) is 16.8. The number of rotatable bonds is 5. The van der Waals surface area contributed by atoms with Crippen LogP contribution >= 0.6 is 23.5 Å². The van der Waals surface area contributed by atoms with Crippen molar-refractivity contribution in [1.29, 1.82) is 0 Å². The van der Waals surface area contributed by atoms with Gasteiger partial charge in [0, 0.05) is 22.4 Å². The van der Waals surface area contributed by atoms with Gasteiger partial charge in [0.2, 0.25) is 11.8 Å². The third kappa shape index (κ3) is 4.04. The van der Waals surface area contributed by atoms with Gasteiger partial charge in [0.15, 0.2) is 0 Å². The summed E-state index contributed by atoms with van der Waals surface area (Å²) in [6, 6.07) is 15.4. The first-order valence-electron chi connectivity index (χ1n) is 8.73. The summed E-state index contributed by atoms with van der Waals surface area (Å²) >= 11 is 3.09. The van der Waals surface area contributed by atoms with Crippen molar-refractivity contribution in [1.82, 2.24) is 10.4 Å². The molecular weight excluding hydrogens is 394 g/mol. The summed E-state index contributed by atoms with van der Waals surface area (Å²) in [7, 11) is 1.63. The zero-order valence-electron chi connectivity index (χ0n) is 15.2. The van der Waals surface area contributed by atoms with E-state index in [1.165, 1.54) is 11.8 Å². The quantitative estimate of drug-likeness (QED) is 0.783. The molecule has 2 aromatic carbocycles. The van der Waals surface area contributed by atoms with E-state index in [-0.39, 0.29) is 17.2 Å². The number of nitrogens with zero attached hydrogens (tertiary/aromatic N) is 1. The van der Waals surface area contributed by atoms with E-state index in [9.17, 15) is 9.59 Å². The monoisotopic (exact) mass is 413 g/mol. The Morgan fingerprint density at radius 3 is 2.75 bits per heavy atom. The number of carbonyl (C=O) groups excluding carboxylic acids is 2.